The number of esters is 2. The number of hydrogen-bond donors (Lipinski definition) is 4. The zero-order chi connectivity index (χ0) is 37.9. The molecule has 2 saturated carbocycles. The second-order valence-electron chi connectivity index (χ2n) is 16.7. The van der Waals surface area contributed by atoms with E-state index >= 15 is 0 Å². The van der Waals surface area contributed by atoms with Crippen LogP contribution in [0.15, 0.2) is 53.1 Å². The van der Waals surface area contributed by atoms with E-state index in [2.05, 4.69) is 5.32 Å². The average molecular weight is 939 g/mol. The van der Waals surface area contributed by atoms with Gasteiger partial charge in [-0.25, -0.2) is 14.4 Å². The third kappa shape index (κ3) is 7.70. The first-order chi connectivity index (χ1) is 23.5. The first-order valence-corrected chi connectivity index (χ1v) is 17.6. The number of nitrogens with one attached hydrogen (secondary N) is 1. The smallest absolute Gasteiger partial charge is 0.408 e. The topological polar surface area (TPSA) is 178 Å². The largest absolute Gasteiger partial charge is 0.456 e. The van der Waals surface area contributed by atoms with Crippen molar-refractivity contribution in [2.75, 3.05) is 6.61 Å². The van der Waals surface area contributed by atoms with Gasteiger partial charge in [0, 0.05) is 73.7 Å². The van der Waals surface area contributed by atoms with Crippen molar-refractivity contribution in [1.29, 1.82) is 0 Å². The van der Waals surface area contributed by atoms with Crippen molar-refractivity contribution >= 4 is 23.8 Å². The molecule has 5 rings (SSSR count). The Labute approximate surface area is 341 Å². The summed E-state index contributed by atoms with van der Waals surface area (Å²) >= 11 is 0. The van der Waals surface area contributed by atoms with E-state index in [1.807, 2.05) is 0 Å². The average Bonchev–Trinajstić information content (AvgIpc) is 3.02. The van der Waals surface area contributed by atoms with Crippen molar-refractivity contribution in [2.24, 2.45) is 16.7 Å². The van der Waals surface area contributed by atoms with Crippen molar-refractivity contribution in [1.82, 2.24) is 5.32 Å². The number of allylic oxidation sites excluding steroid dienone is 1. The van der Waals surface area contributed by atoms with Gasteiger partial charge in [0.25, 0.3) is 0 Å². The molecule has 1 saturated heterocycles. The quantitative estimate of drug-likeness (QED) is 0.174. The van der Waals surface area contributed by atoms with Crippen molar-refractivity contribution in [3.8, 4) is 0 Å². The summed E-state index contributed by atoms with van der Waals surface area (Å²) in [4.78, 5) is 54.7. The number of carbonyl (C=O) groups is 4. The zero-order valence-corrected chi connectivity index (χ0v) is 36.4. The Bertz CT molecular complexity index is 1630. The number of aliphatic hydroxyl groups is 3. The van der Waals surface area contributed by atoms with Gasteiger partial charge in [0.1, 0.15) is 34.8 Å². The van der Waals surface area contributed by atoms with Gasteiger partial charge in [-0.2, -0.15) is 0 Å². The molecule has 0 unspecified atom stereocenters. The monoisotopic (exact) mass is 938 g/mol. The number of Topliss-reactive ketones (excluding diaryl/α,β-unsaturated/α-hetero) is 1. The molecule has 1 aromatic rings. The molecule has 13 heteroatoms. The number of ether oxygens (including phenoxy) is 4. The molecule has 1 aromatic carbocycles. The SMILES string of the molecule is CC(C)=C[C@H](NC(=O)OC(C)(C)C)[C@@H](O)C(=O)O[C@H]1C[C@@]2(O)[C@@H](OC(=O)c3ccccc3)[C@@H]3[C@]4(O)CO[C@@H]4CC[C@@]3(C)C(=O)CC(=C1C)C2(C)C.[Ac]. The summed E-state index contributed by atoms with van der Waals surface area (Å²) in [6, 6.07) is 7.04. The number of amides is 1. The molecule has 3 fully saturated rings. The van der Waals surface area contributed by atoms with Crippen LogP contribution in [0.5, 0.6) is 0 Å². The van der Waals surface area contributed by atoms with Gasteiger partial charge in [0.15, 0.2) is 6.10 Å². The molecular formula is C39H53AcNO11. The molecule has 1 radical (unpaired) electrons. The van der Waals surface area contributed by atoms with Gasteiger partial charge in [-0.3, -0.25) is 4.79 Å². The summed E-state index contributed by atoms with van der Waals surface area (Å²) in [6.07, 6.45) is -4.10. The van der Waals surface area contributed by atoms with Crippen LogP contribution < -0.4 is 5.32 Å². The number of alkyl carbamates (subject to hydrolysis) is 1. The maximum absolute atomic E-state index is 14.5. The van der Waals surface area contributed by atoms with E-state index in [1.54, 1.807) is 92.6 Å². The van der Waals surface area contributed by atoms with Gasteiger partial charge in [-0.15, -0.1) is 0 Å². The van der Waals surface area contributed by atoms with E-state index < -0.39 is 82.0 Å². The van der Waals surface area contributed by atoms with Crippen LogP contribution in [0.1, 0.15) is 98.4 Å². The number of aliphatic hydroxyl groups excluding tert-OH is 1. The number of carbonyl (C=O) groups excluding carboxylic acids is 4. The molecule has 4 aliphatic rings. The van der Waals surface area contributed by atoms with Gasteiger partial charge in [-0.1, -0.05) is 56.2 Å². The Kier molecular flexibility index (Phi) is 12.4. The fraction of sp³-hybridized carbons (Fsp3) is 0.641. The molecule has 9 atom stereocenters. The van der Waals surface area contributed by atoms with Crippen molar-refractivity contribution < 1.29 is 97.5 Å². The molecule has 1 aliphatic heterocycles. The number of fused-ring (bicyclic) bond motifs is 5. The van der Waals surface area contributed by atoms with Gasteiger partial charge in [0.05, 0.1) is 24.3 Å². The van der Waals surface area contributed by atoms with Gasteiger partial charge < -0.3 is 39.6 Å². The van der Waals surface area contributed by atoms with Crippen LogP contribution in [0, 0.1) is 60.8 Å². The summed E-state index contributed by atoms with van der Waals surface area (Å²) in [5.74, 6) is -3.10. The first kappa shape index (κ1) is 42.6. The van der Waals surface area contributed by atoms with E-state index in [-0.39, 0.29) is 74.9 Å². The minimum atomic E-state index is -1.99. The Morgan fingerprint density at radius 2 is 1.69 bits per heavy atom. The second-order valence-corrected chi connectivity index (χ2v) is 16.7. The summed E-state index contributed by atoms with van der Waals surface area (Å²) in [5, 5.41) is 39.1. The maximum Gasteiger partial charge on any atom is 0.408 e. The van der Waals surface area contributed by atoms with E-state index in [4.69, 9.17) is 18.9 Å². The van der Waals surface area contributed by atoms with Crippen LogP contribution >= 0.6 is 0 Å². The Hall–Kier alpha value is -2.14. The summed E-state index contributed by atoms with van der Waals surface area (Å²) in [5.41, 5.74) is -4.87. The third-order valence-electron chi connectivity index (χ3n) is 11.5. The molecule has 3 aliphatic carbocycles. The minimum Gasteiger partial charge on any atom is -0.456 e. The van der Waals surface area contributed by atoms with Crippen LogP contribution in [0.2, 0.25) is 0 Å². The molecule has 0 aromatic heterocycles. The molecular weight excluding hydrogens is 885 g/mol. The van der Waals surface area contributed by atoms with Gasteiger partial charge >= 0.3 is 18.0 Å². The number of benzene rings is 1. The molecule has 283 valence electrons. The fourth-order valence-corrected chi connectivity index (χ4v) is 8.58. The molecule has 1 amide bonds. The molecule has 12 nitrogen and oxygen atoms in total. The Balaban J connectivity index is 0.00000605. The van der Waals surface area contributed by atoms with E-state index in [1.165, 1.54) is 6.08 Å². The fourth-order valence-electron chi connectivity index (χ4n) is 8.58. The maximum atomic E-state index is 14.5. The molecule has 1 heterocycles. The predicted molar refractivity (Wildman–Crippen MR) is 185 cm³/mol. The minimum absolute atomic E-state index is 0. The Morgan fingerprint density at radius 1 is 1.06 bits per heavy atom. The molecule has 4 N–H and O–H groups in total. The van der Waals surface area contributed by atoms with Crippen molar-refractivity contribution in [3.05, 3.63) is 58.7 Å². The van der Waals surface area contributed by atoms with Crippen LogP contribution in [0.25, 0.3) is 0 Å². The third-order valence-corrected chi connectivity index (χ3v) is 11.5. The second kappa shape index (κ2) is 15.2. The first-order valence-electron chi connectivity index (χ1n) is 17.6. The zero-order valence-electron chi connectivity index (χ0n) is 31.6. The molecule has 0 spiro atoms. The van der Waals surface area contributed by atoms with E-state index in [9.17, 15) is 34.5 Å². The summed E-state index contributed by atoms with van der Waals surface area (Å²) in [6.45, 7) is 15.4. The van der Waals surface area contributed by atoms with Crippen LogP contribution in [-0.2, 0) is 28.5 Å². The van der Waals surface area contributed by atoms with Crippen LogP contribution in [0.3, 0.4) is 0 Å². The molecule has 52 heavy (non-hydrogen) atoms. The number of hydrogen-bond acceptors (Lipinski definition) is 11. The van der Waals surface area contributed by atoms with Crippen molar-refractivity contribution in [3.63, 3.8) is 0 Å². The van der Waals surface area contributed by atoms with E-state index in [0.29, 0.717) is 29.6 Å². The normalized spacial score (nSPS) is 33.2. The number of ketones is 1. The van der Waals surface area contributed by atoms with Crippen LogP contribution in [0.4, 0.5) is 4.79 Å². The van der Waals surface area contributed by atoms with Gasteiger partial charge in [-0.05, 0) is 72.1 Å². The summed E-state index contributed by atoms with van der Waals surface area (Å²) < 4.78 is 23.3. The Morgan fingerprint density at radius 3 is 2.25 bits per heavy atom. The number of rotatable bonds is 7. The molecule has 2 bridgehead atoms. The summed E-state index contributed by atoms with van der Waals surface area (Å²) in [7, 11) is 0. The van der Waals surface area contributed by atoms with Crippen LogP contribution in [-0.4, -0.2) is 93.0 Å². The van der Waals surface area contributed by atoms with E-state index in [0.717, 1.165) is 0 Å². The standard InChI is InChI=1S/C39H53NO11.Ac/c1-21(2)17-25(40-34(45)51-35(4,5)6)29(42)33(44)49-26-19-39(47)31(50-32(43)23-13-11-10-12-14-23)30-37(9,16-15-28-38(30,46)20-48-28)27(41)18-24(22(26)3)36(39,7)8;/h10-14,17,25-26,28-31,42,46-47H,15-16,18-20H2,1-9H3,(H,40,45);/t25-,26-,28+,29+,30-,31-,37-,38-,39+;/m0./s1. The van der Waals surface area contributed by atoms with Crippen molar-refractivity contribution in [2.45, 2.75) is 135 Å². The van der Waals surface area contributed by atoms with Gasteiger partial charge in [0.2, 0.25) is 0 Å². The predicted octanol–water partition coefficient (Wildman–Crippen LogP) is 4.34.